The van der Waals surface area contributed by atoms with E-state index in [-0.39, 0.29) is 16.5 Å². The summed E-state index contributed by atoms with van der Waals surface area (Å²) >= 11 is 5.90. The number of halogens is 2. The van der Waals surface area contributed by atoms with Gasteiger partial charge in [0.1, 0.15) is 17.5 Å². The Morgan fingerprint density at radius 2 is 2.05 bits per heavy atom. The van der Waals surface area contributed by atoms with Crippen LogP contribution in [0.2, 0.25) is 5.02 Å². The molecule has 110 valence electrons. The van der Waals surface area contributed by atoms with Crippen molar-refractivity contribution in [2.24, 2.45) is 0 Å². The van der Waals surface area contributed by atoms with Gasteiger partial charge in [-0.2, -0.15) is 0 Å². The van der Waals surface area contributed by atoms with Crippen LogP contribution in [-0.2, 0) is 0 Å². The summed E-state index contributed by atoms with van der Waals surface area (Å²) in [5.74, 6) is 0.145. The maximum atomic E-state index is 13.0. The average molecular weight is 311 g/mol. The summed E-state index contributed by atoms with van der Waals surface area (Å²) in [6.45, 7) is 2.43. The van der Waals surface area contributed by atoms with Crippen LogP contribution in [0.15, 0.2) is 30.3 Å². The third kappa shape index (κ3) is 3.79. The van der Waals surface area contributed by atoms with E-state index in [0.717, 1.165) is 6.07 Å². The second-order valence-corrected chi connectivity index (χ2v) is 4.54. The maximum Gasteiger partial charge on any atom is 0.276 e. The Labute approximate surface area is 125 Å². The molecule has 0 saturated carbocycles. The summed E-state index contributed by atoms with van der Waals surface area (Å²) in [4.78, 5) is 14.6. The molecule has 0 bridgehead atoms. The number of nitrogens with zero attached hydrogens (tertiary/aromatic N) is 2. The number of benzene rings is 1. The fourth-order valence-corrected chi connectivity index (χ4v) is 1.90. The second-order valence-electron chi connectivity index (χ2n) is 4.13. The maximum absolute atomic E-state index is 13.0. The van der Waals surface area contributed by atoms with Crippen molar-refractivity contribution >= 4 is 34.6 Å². The largest absolute Gasteiger partial charge is 0.370 e. The summed E-state index contributed by atoms with van der Waals surface area (Å²) in [5.41, 5.74) is 0.301. The molecule has 2 rings (SSSR count). The van der Waals surface area contributed by atoms with E-state index in [1.165, 1.54) is 24.3 Å². The number of aromatic nitrogens is 1. The van der Waals surface area contributed by atoms with Crippen LogP contribution in [0.5, 0.6) is 0 Å². The lowest BCUT2D eigenvalue weighted by atomic mass is 10.3. The predicted molar refractivity (Wildman–Crippen MR) is 79.7 cm³/mol. The average Bonchev–Trinajstić information content (AvgIpc) is 2.42. The fraction of sp³-hybridized carbons (Fsp3) is 0.154. The molecule has 2 aromatic rings. The number of hydrogen-bond acceptors (Lipinski definition) is 5. The van der Waals surface area contributed by atoms with Gasteiger partial charge in [0.05, 0.1) is 27.8 Å². The molecular formula is C13H12ClFN4O2. The Morgan fingerprint density at radius 1 is 1.33 bits per heavy atom. The van der Waals surface area contributed by atoms with Gasteiger partial charge < -0.3 is 10.6 Å². The number of anilines is 3. The van der Waals surface area contributed by atoms with E-state index < -0.39 is 10.7 Å². The van der Waals surface area contributed by atoms with Crippen molar-refractivity contribution in [3.8, 4) is 0 Å². The highest BCUT2D eigenvalue weighted by atomic mass is 35.5. The van der Waals surface area contributed by atoms with Crippen molar-refractivity contribution in [2.45, 2.75) is 6.92 Å². The molecule has 0 spiro atoms. The zero-order chi connectivity index (χ0) is 15.4. The molecule has 0 aliphatic rings. The van der Waals surface area contributed by atoms with Crippen LogP contribution in [0.4, 0.5) is 27.4 Å². The Hall–Kier alpha value is -2.41. The summed E-state index contributed by atoms with van der Waals surface area (Å²) < 4.78 is 13.0. The third-order valence-corrected chi connectivity index (χ3v) is 2.89. The molecule has 0 saturated heterocycles. The molecule has 0 radical (unpaired) electrons. The van der Waals surface area contributed by atoms with Crippen molar-refractivity contribution in [3.63, 3.8) is 0 Å². The highest BCUT2D eigenvalue weighted by molar-refractivity contribution is 6.33. The van der Waals surface area contributed by atoms with Gasteiger partial charge in [0.2, 0.25) is 0 Å². The van der Waals surface area contributed by atoms with Gasteiger partial charge in [-0.3, -0.25) is 10.1 Å². The van der Waals surface area contributed by atoms with Gasteiger partial charge in [0.15, 0.2) is 0 Å². The first-order valence-electron chi connectivity index (χ1n) is 6.12. The lowest BCUT2D eigenvalue weighted by Gasteiger charge is -2.10. The van der Waals surface area contributed by atoms with Gasteiger partial charge in [-0.05, 0) is 25.1 Å². The van der Waals surface area contributed by atoms with Crippen molar-refractivity contribution < 1.29 is 9.31 Å². The topological polar surface area (TPSA) is 80.1 Å². The van der Waals surface area contributed by atoms with Crippen LogP contribution < -0.4 is 10.6 Å². The van der Waals surface area contributed by atoms with Gasteiger partial charge in [-0.15, -0.1) is 0 Å². The second kappa shape index (κ2) is 6.36. The molecule has 0 aliphatic carbocycles. The number of nitrogens with one attached hydrogen (secondary N) is 2. The lowest BCUT2D eigenvalue weighted by molar-refractivity contribution is -0.384. The van der Waals surface area contributed by atoms with E-state index >= 15 is 0 Å². The van der Waals surface area contributed by atoms with E-state index in [4.69, 9.17) is 11.6 Å². The van der Waals surface area contributed by atoms with Crippen molar-refractivity contribution in [3.05, 3.63) is 51.3 Å². The molecule has 0 atom stereocenters. The molecule has 0 fully saturated rings. The highest BCUT2D eigenvalue weighted by Gasteiger charge is 2.12. The minimum atomic E-state index is -0.514. The van der Waals surface area contributed by atoms with Crippen LogP contribution in [0.3, 0.4) is 0 Å². The molecule has 8 heteroatoms. The smallest absolute Gasteiger partial charge is 0.276 e. The Bertz CT molecular complexity index is 681. The van der Waals surface area contributed by atoms with Gasteiger partial charge in [0.25, 0.3) is 5.69 Å². The van der Waals surface area contributed by atoms with E-state index in [0.29, 0.717) is 18.1 Å². The first-order valence-corrected chi connectivity index (χ1v) is 6.50. The van der Waals surface area contributed by atoms with E-state index in [1.54, 1.807) is 0 Å². The minimum absolute atomic E-state index is 0.110. The Kier molecular flexibility index (Phi) is 4.54. The first kappa shape index (κ1) is 15.0. The molecular weight excluding hydrogens is 299 g/mol. The Morgan fingerprint density at radius 3 is 2.67 bits per heavy atom. The number of nitro groups is 1. The fourth-order valence-electron chi connectivity index (χ4n) is 1.69. The zero-order valence-electron chi connectivity index (χ0n) is 11.1. The van der Waals surface area contributed by atoms with Crippen LogP contribution in [-0.4, -0.2) is 16.5 Å². The predicted octanol–water partition coefficient (Wildman–Crippen LogP) is 3.96. The normalized spacial score (nSPS) is 10.2. The molecule has 0 amide bonds. The molecule has 1 heterocycles. The number of hydrogen-bond donors (Lipinski definition) is 2. The van der Waals surface area contributed by atoms with Crippen molar-refractivity contribution in [1.29, 1.82) is 0 Å². The van der Waals surface area contributed by atoms with Crippen LogP contribution in [0.25, 0.3) is 0 Å². The van der Waals surface area contributed by atoms with Gasteiger partial charge >= 0.3 is 0 Å². The monoisotopic (exact) mass is 310 g/mol. The summed E-state index contributed by atoms with van der Waals surface area (Å²) in [6.07, 6.45) is 0. The van der Waals surface area contributed by atoms with Crippen molar-refractivity contribution in [2.75, 3.05) is 17.2 Å². The first-order chi connectivity index (χ1) is 9.99. The highest BCUT2D eigenvalue weighted by Crippen LogP contribution is 2.28. The molecule has 2 N–H and O–H groups in total. The molecule has 21 heavy (non-hydrogen) atoms. The molecule has 0 aliphatic heterocycles. The molecule has 0 unspecified atom stereocenters. The Balaban J connectivity index is 2.36. The van der Waals surface area contributed by atoms with Crippen molar-refractivity contribution in [1.82, 2.24) is 4.98 Å². The van der Waals surface area contributed by atoms with E-state index in [2.05, 4.69) is 15.6 Å². The molecule has 1 aromatic carbocycles. The van der Waals surface area contributed by atoms with Gasteiger partial charge in [-0.25, -0.2) is 9.37 Å². The minimum Gasteiger partial charge on any atom is -0.370 e. The van der Waals surface area contributed by atoms with Crippen LogP contribution in [0, 0.1) is 15.9 Å². The third-order valence-electron chi connectivity index (χ3n) is 2.57. The molecule has 6 nitrogen and oxygen atoms in total. The number of pyridine rings is 1. The summed E-state index contributed by atoms with van der Waals surface area (Å²) in [5, 5.41) is 16.8. The quantitative estimate of drug-likeness (QED) is 0.645. The van der Waals surface area contributed by atoms with Gasteiger partial charge in [-0.1, -0.05) is 11.6 Å². The van der Waals surface area contributed by atoms with E-state index in [1.807, 2.05) is 6.92 Å². The zero-order valence-corrected chi connectivity index (χ0v) is 11.8. The number of rotatable bonds is 5. The van der Waals surface area contributed by atoms with Crippen LogP contribution >= 0.6 is 11.6 Å². The van der Waals surface area contributed by atoms with Crippen LogP contribution in [0.1, 0.15) is 6.92 Å². The summed E-state index contributed by atoms with van der Waals surface area (Å²) in [7, 11) is 0. The SMILES string of the molecule is CCNc1cc([N+](=O)[O-])cc(Nc2ccc(F)cc2Cl)n1. The summed E-state index contributed by atoms with van der Waals surface area (Å²) in [6, 6.07) is 6.43. The lowest BCUT2D eigenvalue weighted by Crippen LogP contribution is -2.03. The van der Waals surface area contributed by atoms with E-state index in [9.17, 15) is 14.5 Å². The standard InChI is InChI=1S/C13H12ClFN4O2/c1-2-16-12-6-9(19(20)21)7-13(18-12)17-11-4-3-8(15)5-10(11)14/h3-7H,2H2,1H3,(H2,16,17,18). The molecule has 1 aromatic heterocycles. The van der Waals surface area contributed by atoms with Gasteiger partial charge in [0, 0.05) is 6.54 Å².